The van der Waals surface area contributed by atoms with E-state index in [-0.39, 0.29) is 24.2 Å². The first kappa shape index (κ1) is 15.4. The summed E-state index contributed by atoms with van der Waals surface area (Å²) in [7, 11) is 0. The maximum Gasteiger partial charge on any atom is 0.226 e. The lowest BCUT2D eigenvalue weighted by molar-refractivity contribution is -0.116. The average Bonchev–Trinajstić information content (AvgIpc) is 3.09. The molecular weight excluding hydrogens is 321 g/mol. The van der Waals surface area contributed by atoms with Gasteiger partial charge in [-0.25, -0.2) is 4.39 Å². The molecule has 1 aliphatic rings. The highest BCUT2D eigenvalue weighted by molar-refractivity contribution is 5.94. The Bertz CT molecular complexity index is 922. The number of carbonyl (C=O) groups excluding carboxylic acids is 1. The molecule has 1 unspecified atom stereocenters. The molecule has 126 valence electrons. The number of benzene rings is 2. The van der Waals surface area contributed by atoms with E-state index in [9.17, 15) is 9.18 Å². The molecular formula is C19H16FN3O2. The molecule has 1 atom stereocenters. The van der Waals surface area contributed by atoms with Gasteiger partial charge in [-0.1, -0.05) is 36.4 Å². The first-order chi connectivity index (χ1) is 12.2. The highest BCUT2D eigenvalue weighted by Crippen LogP contribution is 2.39. The van der Waals surface area contributed by atoms with Gasteiger partial charge in [0.2, 0.25) is 5.91 Å². The Labute approximate surface area is 143 Å². The van der Waals surface area contributed by atoms with Crippen molar-refractivity contribution in [2.75, 3.05) is 5.32 Å². The summed E-state index contributed by atoms with van der Waals surface area (Å²) >= 11 is 0. The van der Waals surface area contributed by atoms with Gasteiger partial charge in [-0.15, -0.1) is 0 Å². The molecule has 0 saturated carbocycles. The van der Waals surface area contributed by atoms with Gasteiger partial charge in [0, 0.05) is 29.0 Å². The number of nitrogens with zero attached hydrogens (tertiary/aromatic N) is 1. The van der Waals surface area contributed by atoms with Crippen molar-refractivity contribution < 1.29 is 13.9 Å². The number of halogens is 1. The number of hydrogen-bond donors (Lipinski definition) is 2. The third-order valence-electron chi connectivity index (χ3n) is 4.33. The van der Waals surface area contributed by atoms with Crippen molar-refractivity contribution in [3.8, 4) is 5.75 Å². The number of hydrogen-bond acceptors (Lipinski definition) is 3. The highest BCUT2D eigenvalue weighted by Gasteiger charge is 2.30. The lowest BCUT2D eigenvalue weighted by Gasteiger charge is -2.24. The lowest BCUT2D eigenvalue weighted by Crippen LogP contribution is -2.23. The number of anilines is 1. The molecule has 0 aliphatic carbocycles. The Morgan fingerprint density at radius 1 is 1.12 bits per heavy atom. The van der Waals surface area contributed by atoms with Crippen molar-refractivity contribution in [2.24, 2.45) is 0 Å². The molecule has 5 nitrogen and oxygen atoms in total. The number of amides is 1. The minimum atomic E-state index is -0.297. The van der Waals surface area contributed by atoms with Crippen LogP contribution in [0.25, 0.3) is 0 Å². The van der Waals surface area contributed by atoms with E-state index in [1.165, 1.54) is 6.07 Å². The number of rotatable bonds is 4. The minimum Gasteiger partial charge on any atom is -0.488 e. The minimum absolute atomic E-state index is 0.0781. The second-order valence-electron chi connectivity index (χ2n) is 5.92. The molecule has 6 heteroatoms. The molecule has 1 aromatic heterocycles. The molecule has 25 heavy (non-hydrogen) atoms. The fourth-order valence-electron chi connectivity index (χ4n) is 3.09. The van der Waals surface area contributed by atoms with Crippen molar-refractivity contribution in [1.29, 1.82) is 0 Å². The molecule has 0 saturated heterocycles. The van der Waals surface area contributed by atoms with E-state index in [1.807, 2.05) is 24.3 Å². The summed E-state index contributed by atoms with van der Waals surface area (Å²) in [5, 5.41) is 9.60. The Kier molecular flexibility index (Phi) is 3.93. The SMILES string of the molecule is O=C1CC(c2ccccc2OCc2ccccc2F)c2cn[nH]c2N1. The summed E-state index contributed by atoms with van der Waals surface area (Å²) in [6.45, 7) is 0.126. The van der Waals surface area contributed by atoms with Crippen LogP contribution in [-0.4, -0.2) is 16.1 Å². The van der Waals surface area contributed by atoms with Gasteiger partial charge in [0.25, 0.3) is 0 Å². The number of ether oxygens (including phenoxy) is 1. The van der Waals surface area contributed by atoms with Crippen LogP contribution >= 0.6 is 0 Å². The molecule has 4 rings (SSSR count). The number of H-pyrrole nitrogens is 1. The molecule has 2 aromatic carbocycles. The maximum atomic E-state index is 13.8. The highest BCUT2D eigenvalue weighted by atomic mass is 19.1. The van der Waals surface area contributed by atoms with Gasteiger partial charge in [0.1, 0.15) is 24.0 Å². The van der Waals surface area contributed by atoms with E-state index in [0.717, 1.165) is 11.1 Å². The maximum absolute atomic E-state index is 13.8. The fraction of sp³-hybridized carbons (Fsp3) is 0.158. The number of aromatic amines is 1. The number of carbonyl (C=O) groups is 1. The van der Waals surface area contributed by atoms with Gasteiger partial charge in [-0.05, 0) is 12.1 Å². The number of para-hydroxylation sites is 1. The van der Waals surface area contributed by atoms with E-state index >= 15 is 0 Å². The predicted octanol–water partition coefficient (Wildman–Crippen LogP) is 3.60. The van der Waals surface area contributed by atoms with Gasteiger partial charge < -0.3 is 10.1 Å². The first-order valence-electron chi connectivity index (χ1n) is 8.00. The van der Waals surface area contributed by atoms with E-state index in [2.05, 4.69) is 15.5 Å². The van der Waals surface area contributed by atoms with Gasteiger partial charge >= 0.3 is 0 Å². The molecule has 1 amide bonds. The second kappa shape index (κ2) is 6.39. The summed E-state index contributed by atoms with van der Waals surface area (Å²) in [5.74, 6) is 0.724. The van der Waals surface area contributed by atoms with Crippen molar-refractivity contribution in [3.05, 3.63) is 77.2 Å². The van der Waals surface area contributed by atoms with Crippen LogP contribution in [0.2, 0.25) is 0 Å². The summed E-state index contributed by atoms with van der Waals surface area (Å²) in [6, 6.07) is 14.1. The zero-order chi connectivity index (χ0) is 17.2. The van der Waals surface area contributed by atoms with Crippen LogP contribution in [0.3, 0.4) is 0 Å². The molecule has 2 heterocycles. The third kappa shape index (κ3) is 2.98. The standard InChI is InChI=1S/C19H16FN3O2/c20-16-7-3-1-5-12(16)11-25-17-8-4-2-6-13(17)14-9-18(24)22-19-15(14)10-21-23-19/h1-8,10,14H,9,11H2,(H2,21,22,23,24). The van der Waals surface area contributed by atoms with Crippen molar-refractivity contribution in [3.63, 3.8) is 0 Å². The van der Waals surface area contributed by atoms with Crippen LogP contribution in [-0.2, 0) is 11.4 Å². The Morgan fingerprint density at radius 3 is 2.80 bits per heavy atom. The van der Waals surface area contributed by atoms with Gasteiger partial charge in [-0.2, -0.15) is 5.10 Å². The van der Waals surface area contributed by atoms with E-state index in [0.29, 0.717) is 23.6 Å². The van der Waals surface area contributed by atoms with Crippen LogP contribution < -0.4 is 10.1 Å². The van der Waals surface area contributed by atoms with Crippen LogP contribution in [0.1, 0.15) is 29.0 Å². The molecule has 0 bridgehead atoms. The Balaban J connectivity index is 1.64. The quantitative estimate of drug-likeness (QED) is 0.764. The van der Waals surface area contributed by atoms with Crippen molar-refractivity contribution in [1.82, 2.24) is 10.2 Å². The molecule has 1 aliphatic heterocycles. The Hall–Kier alpha value is -3.15. The molecule has 0 fully saturated rings. The summed E-state index contributed by atoms with van der Waals surface area (Å²) in [6.07, 6.45) is 2.03. The summed E-state index contributed by atoms with van der Waals surface area (Å²) in [4.78, 5) is 12.0. The zero-order valence-corrected chi connectivity index (χ0v) is 13.3. The summed E-state index contributed by atoms with van der Waals surface area (Å²) in [5.41, 5.74) is 2.29. The van der Waals surface area contributed by atoms with E-state index < -0.39 is 0 Å². The van der Waals surface area contributed by atoms with Crippen LogP contribution in [0.15, 0.2) is 54.7 Å². The monoisotopic (exact) mass is 337 g/mol. The van der Waals surface area contributed by atoms with Crippen LogP contribution in [0.4, 0.5) is 10.2 Å². The molecule has 3 aromatic rings. The number of aromatic nitrogens is 2. The molecule has 2 N–H and O–H groups in total. The smallest absolute Gasteiger partial charge is 0.226 e. The number of fused-ring (bicyclic) bond motifs is 1. The van der Waals surface area contributed by atoms with Crippen molar-refractivity contribution >= 4 is 11.7 Å². The Morgan fingerprint density at radius 2 is 1.92 bits per heavy atom. The summed E-state index contributed by atoms with van der Waals surface area (Å²) < 4.78 is 19.7. The predicted molar refractivity (Wildman–Crippen MR) is 90.9 cm³/mol. The lowest BCUT2D eigenvalue weighted by atomic mass is 9.87. The van der Waals surface area contributed by atoms with Crippen molar-refractivity contribution in [2.45, 2.75) is 18.9 Å². The van der Waals surface area contributed by atoms with Crippen LogP contribution in [0, 0.1) is 5.82 Å². The van der Waals surface area contributed by atoms with Gasteiger partial charge in [-0.3, -0.25) is 9.89 Å². The van der Waals surface area contributed by atoms with Gasteiger partial charge in [0.15, 0.2) is 0 Å². The van der Waals surface area contributed by atoms with E-state index in [4.69, 9.17) is 4.74 Å². The molecule has 0 radical (unpaired) electrons. The average molecular weight is 337 g/mol. The molecule has 0 spiro atoms. The van der Waals surface area contributed by atoms with Gasteiger partial charge in [0.05, 0.1) is 6.20 Å². The zero-order valence-electron chi connectivity index (χ0n) is 13.3. The van der Waals surface area contributed by atoms with E-state index in [1.54, 1.807) is 24.4 Å². The topological polar surface area (TPSA) is 67.0 Å². The third-order valence-corrected chi connectivity index (χ3v) is 4.33. The first-order valence-corrected chi connectivity index (χ1v) is 8.00. The largest absolute Gasteiger partial charge is 0.488 e. The fourth-order valence-corrected chi connectivity index (χ4v) is 3.09. The second-order valence-corrected chi connectivity index (χ2v) is 5.92. The number of nitrogens with one attached hydrogen (secondary N) is 2. The normalized spacial score (nSPS) is 16.2. The van der Waals surface area contributed by atoms with Crippen LogP contribution in [0.5, 0.6) is 5.75 Å².